The molecule has 0 bridgehead atoms. The largest absolute Gasteiger partial charge is 0.456 e. The lowest BCUT2D eigenvalue weighted by Crippen LogP contribution is -2.00. The van der Waals surface area contributed by atoms with Crippen LogP contribution in [0.15, 0.2) is 117 Å². The van der Waals surface area contributed by atoms with Crippen LogP contribution in [0.2, 0.25) is 0 Å². The maximum atomic E-state index is 6.38. The van der Waals surface area contributed by atoms with Crippen LogP contribution in [0.3, 0.4) is 0 Å². The highest BCUT2D eigenvalue weighted by atomic mass is 32.2. The first kappa shape index (κ1) is 19.8. The van der Waals surface area contributed by atoms with Crippen LogP contribution < -0.4 is 0 Å². The van der Waals surface area contributed by atoms with Crippen LogP contribution in [0.1, 0.15) is 0 Å². The standard InChI is InChI=1S/C31H17N3OS/c1-3-8-19(9-4-1)29-32-30(20-10-5-2-6-11-20)34-31(33-29)21-16-23-27-25(17-21)36-24-13-7-12-18-14-15-22(35-23)28(27)26(18)24/h1-17H. The molecule has 7 aromatic rings. The molecule has 1 aliphatic heterocycles. The molecule has 8 rings (SSSR count). The minimum absolute atomic E-state index is 0.630. The third-order valence-electron chi connectivity index (χ3n) is 6.68. The van der Waals surface area contributed by atoms with E-state index in [9.17, 15) is 0 Å². The second kappa shape index (κ2) is 7.51. The van der Waals surface area contributed by atoms with Gasteiger partial charge in [0.25, 0.3) is 0 Å². The summed E-state index contributed by atoms with van der Waals surface area (Å²) in [7, 11) is 0. The van der Waals surface area contributed by atoms with Crippen molar-refractivity contribution in [3.05, 3.63) is 103 Å². The van der Waals surface area contributed by atoms with Gasteiger partial charge < -0.3 is 4.42 Å². The molecule has 0 saturated carbocycles. The van der Waals surface area contributed by atoms with Gasteiger partial charge in [-0.05, 0) is 29.7 Å². The average molecular weight is 480 g/mol. The fraction of sp³-hybridized carbons (Fsp3) is 0. The number of nitrogens with zero attached hydrogens (tertiary/aromatic N) is 3. The summed E-state index contributed by atoms with van der Waals surface area (Å²) >= 11 is 1.78. The van der Waals surface area contributed by atoms with E-state index in [2.05, 4.69) is 42.5 Å². The number of furan rings is 1. The first-order valence-corrected chi connectivity index (χ1v) is 12.6. The van der Waals surface area contributed by atoms with Crippen molar-refractivity contribution in [2.75, 3.05) is 0 Å². The van der Waals surface area contributed by atoms with Gasteiger partial charge in [-0.15, -0.1) is 0 Å². The van der Waals surface area contributed by atoms with Crippen LogP contribution in [0, 0.1) is 0 Å². The Bertz CT molecular complexity index is 1910. The molecule has 0 aliphatic carbocycles. The Labute approximate surface area is 210 Å². The van der Waals surface area contributed by atoms with Crippen LogP contribution in [-0.4, -0.2) is 15.0 Å². The molecule has 5 heteroatoms. The molecule has 0 fully saturated rings. The first-order valence-electron chi connectivity index (χ1n) is 11.8. The molecular formula is C31H17N3OS. The zero-order chi connectivity index (χ0) is 23.6. The highest BCUT2D eigenvalue weighted by Gasteiger charge is 2.23. The molecule has 3 heterocycles. The molecule has 0 atom stereocenters. The highest BCUT2D eigenvalue weighted by molar-refractivity contribution is 8.00. The Kier molecular flexibility index (Phi) is 4.13. The van der Waals surface area contributed by atoms with Gasteiger partial charge in [-0.3, -0.25) is 0 Å². The maximum Gasteiger partial charge on any atom is 0.164 e. The zero-order valence-corrected chi connectivity index (χ0v) is 19.8. The van der Waals surface area contributed by atoms with Gasteiger partial charge in [-0.25, -0.2) is 15.0 Å². The SMILES string of the molecule is c1ccc(-c2nc(-c3ccccc3)nc(-c3cc4c5c(c3)oc3ccc6cccc(c6c35)S4)n2)cc1. The normalized spacial score (nSPS) is 12.3. The summed E-state index contributed by atoms with van der Waals surface area (Å²) in [6, 6.07) is 35.0. The quantitative estimate of drug-likeness (QED) is 0.255. The smallest absolute Gasteiger partial charge is 0.164 e. The lowest BCUT2D eigenvalue weighted by molar-refractivity contribution is 0.669. The molecule has 0 saturated heterocycles. The molecule has 1 aliphatic rings. The van der Waals surface area contributed by atoms with E-state index in [0.717, 1.165) is 32.8 Å². The van der Waals surface area contributed by atoms with Crippen LogP contribution in [0.4, 0.5) is 0 Å². The van der Waals surface area contributed by atoms with Gasteiger partial charge >= 0.3 is 0 Å². The summed E-state index contributed by atoms with van der Waals surface area (Å²) in [5, 5.41) is 4.88. The molecule has 36 heavy (non-hydrogen) atoms. The van der Waals surface area contributed by atoms with Gasteiger partial charge in [0.15, 0.2) is 17.5 Å². The van der Waals surface area contributed by atoms with Gasteiger partial charge in [0.2, 0.25) is 0 Å². The van der Waals surface area contributed by atoms with E-state index in [0.29, 0.717) is 17.5 Å². The Hall–Kier alpha value is -4.48. The maximum absolute atomic E-state index is 6.38. The Morgan fingerprint density at radius 1 is 0.472 bits per heavy atom. The molecule has 0 N–H and O–H groups in total. The molecule has 0 unspecified atom stereocenters. The van der Waals surface area contributed by atoms with E-state index < -0.39 is 0 Å². The summed E-state index contributed by atoms with van der Waals surface area (Å²) in [4.78, 5) is 17.1. The molecule has 5 aromatic carbocycles. The lowest BCUT2D eigenvalue weighted by atomic mass is 10.0. The summed E-state index contributed by atoms with van der Waals surface area (Å²) in [6.07, 6.45) is 0. The number of benzene rings is 5. The predicted octanol–water partition coefficient (Wildman–Crippen LogP) is 8.39. The van der Waals surface area contributed by atoms with Crippen molar-refractivity contribution in [3.63, 3.8) is 0 Å². The van der Waals surface area contributed by atoms with Crippen molar-refractivity contribution in [1.82, 2.24) is 15.0 Å². The zero-order valence-electron chi connectivity index (χ0n) is 19.0. The van der Waals surface area contributed by atoms with Crippen LogP contribution in [0.25, 0.3) is 66.9 Å². The summed E-state index contributed by atoms with van der Waals surface area (Å²) < 4.78 is 6.38. The fourth-order valence-electron chi connectivity index (χ4n) is 5.05. The van der Waals surface area contributed by atoms with E-state index in [1.54, 1.807) is 11.8 Å². The minimum atomic E-state index is 0.630. The van der Waals surface area contributed by atoms with Crippen molar-refractivity contribution >= 4 is 44.5 Å². The van der Waals surface area contributed by atoms with Gasteiger partial charge in [0.05, 0.1) is 0 Å². The third kappa shape index (κ3) is 2.93. The van der Waals surface area contributed by atoms with Crippen molar-refractivity contribution in [2.45, 2.75) is 9.79 Å². The van der Waals surface area contributed by atoms with Crippen molar-refractivity contribution in [3.8, 4) is 34.2 Å². The van der Waals surface area contributed by atoms with Crippen LogP contribution in [0.5, 0.6) is 0 Å². The third-order valence-corrected chi connectivity index (χ3v) is 7.78. The van der Waals surface area contributed by atoms with Crippen molar-refractivity contribution in [2.24, 2.45) is 0 Å². The van der Waals surface area contributed by atoms with Crippen molar-refractivity contribution < 1.29 is 4.42 Å². The van der Waals surface area contributed by atoms with E-state index in [4.69, 9.17) is 19.4 Å². The lowest BCUT2D eigenvalue weighted by Gasteiger charge is -2.15. The van der Waals surface area contributed by atoms with Crippen molar-refractivity contribution in [1.29, 1.82) is 0 Å². The number of hydrogen-bond donors (Lipinski definition) is 0. The van der Waals surface area contributed by atoms with E-state index in [-0.39, 0.29) is 0 Å². The van der Waals surface area contributed by atoms with Crippen LogP contribution in [-0.2, 0) is 0 Å². The number of aromatic nitrogens is 3. The Balaban J connectivity index is 1.39. The predicted molar refractivity (Wildman–Crippen MR) is 145 cm³/mol. The number of hydrogen-bond acceptors (Lipinski definition) is 5. The fourth-order valence-corrected chi connectivity index (χ4v) is 6.24. The molecule has 2 aromatic heterocycles. The summed E-state index contributed by atoms with van der Waals surface area (Å²) in [6.45, 7) is 0. The first-order chi connectivity index (χ1) is 17.8. The monoisotopic (exact) mass is 479 g/mol. The summed E-state index contributed by atoms with van der Waals surface area (Å²) in [5.41, 5.74) is 4.59. The van der Waals surface area contributed by atoms with E-state index in [1.165, 1.54) is 26.4 Å². The molecule has 0 radical (unpaired) electrons. The van der Waals surface area contributed by atoms with E-state index >= 15 is 0 Å². The average Bonchev–Trinajstić information content (AvgIpc) is 3.33. The topological polar surface area (TPSA) is 51.8 Å². The molecule has 168 valence electrons. The Morgan fingerprint density at radius 3 is 1.83 bits per heavy atom. The van der Waals surface area contributed by atoms with Gasteiger partial charge in [0, 0.05) is 42.6 Å². The second-order valence-corrected chi connectivity index (χ2v) is 9.97. The highest BCUT2D eigenvalue weighted by Crippen LogP contribution is 2.50. The molecule has 0 spiro atoms. The summed E-state index contributed by atoms with van der Waals surface area (Å²) in [5.74, 6) is 1.93. The van der Waals surface area contributed by atoms with E-state index in [1.807, 2.05) is 60.7 Å². The Morgan fingerprint density at radius 2 is 1.14 bits per heavy atom. The number of rotatable bonds is 3. The molecule has 4 nitrogen and oxygen atoms in total. The van der Waals surface area contributed by atoms with Gasteiger partial charge in [0.1, 0.15) is 11.2 Å². The minimum Gasteiger partial charge on any atom is -0.456 e. The van der Waals surface area contributed by atoms with Gasteiger partial charge in [-0.2, -0.15) is 0 Å². The molecular weight excluding hydrogens is 462 g/mol. The molecule has 0 amide bonds. The second-order valence-electron chi connectivity index (χ2n) is 8.88. The van der Waals surface area contributed by atoms with Gasteiger partial charge in [-0.1, -0.05) is 90.6 Å². The van der Waals surface area contributed by atoms with Crippen LogP contribution >= 0.6 is 11.8 Å².